The molecule has 0 heteroatoms. The molecule has 0 heterocycles. The van der Waals surface area contributed by atoms with Crippen molar-refractivity contribution in [3.05, 3.63) is 70.8 Å². The third-order valence-corrected chi connectivity index (χ3v) is 8.51. The van der Waals surface area contributed by atoms with Gasteiger partial charge in [-0.25, -0.2) is 0 Å². The maximum absolute atomic E-state index is 2.40. The van der Waals surface area contributed by atoms with Crippen LogP contribution in [0.25, 0.3) is 0 Å². The normalized spacial score (nSPS) is 43.9. The first-order valence-electron chi connectivity index (χ1n) is 9.64. The third-order valence-electron chi connectivity index (χ3n) is 8.51. The van der Waals surface area contributed by atoms with Crippen LogP contribution >= 0.6 is 0 Å². The summed E-state index contributed by atoms with van der Waals surface area (Å²) in [7, 11) is 0. The number of aryl methyl sites for hydroxylation is 2. The van der Waals surface area contributed by atoms with E-state index in [0.717, 1.165) is 10.8 Å². The maximum Gasteiger partial charge on any atom is -0.00305 e. The van der Waals surface area contributed by atoms with Gasteiger partial charge in [0.1, 0.15) is 0 Å². The fraction of sp³-hybridized carbons (Fsp3) is 0.500. The van der Waals surface area contributed by atoms with Crippen LogP contribution < -0.4 is 0 Å². The lowest BCUT2D eigenvalue weighted by Crippen LogP contribution is -2.81. The van der Waals surface area contributed by atoms with Gasteiger partial charge in [0.2, 0.25) is 0 Å². The van der Waals surface area contributed by atoms with Gasteiger partial charge in [0.25, 0.3) is 0 Å². The minimum atomic E-state index is 0.570. The molecule has 0 N–H and O–H groups in total. The van der Waals surface area contributed by atoms with E-state index in [1.165, 1.54) is 49.7 Å². The molecule has 0 saturated heterocycles. The van der Waals surface area contributed by atoms with Crippen LogP contribution in [0, 0.1) is 24.7 Å². The number of benzene rings is 2. The Morgan fingerprint density at radius 3 is 1.08 bits per heavy atom. The van der Waals surface area contributed by atoms with Crippen LogP contribution in [0.5, 0.6) is 0 Å². The van der Waals surface area contributed by atoms with Crippen molar-refractivity contribution in [1.29, 1.82) is 0 Å². The Morgan fingerprint density at radius 1 is 0.500 bits per heavy atom. The van der Waals surface area contributed by atoms with Crippen LogP contribution in [0.3, 0.4) is 0 Å². The van der Waals surface area contributed by atoms with Crippen molar-refractivity contribution < 1.29 is 0 Å². The summed E-state index contributed by atoms with van der Waals surface area (Å²) in [6.07, 6.45) is 8.88. The topological polar surface area (TPSA) is 0 Å². The lowest BCUT2D eigenvalue weighted by atomic mass is 9.16. The molecule has 2 aromatic carbocycles. The van der Waals surface area contributed by atoms with Gasteiger partial charge in [-0.1, -0.05) is 59.7 Å². The van der Waals surface area contributed by atoms with Crippen LogP contribution in [-0.4, -0.2) is 0 Å². The first kappa shape index (κ1) is 13.7. The molecule has 0 aliphatic heterocycles. The first-order chi connectivity index (χ1) is 11.5. The van der Waals surface area contributed by atoms with Crippen LogP contribution in [0.4, 0.5) is 0 Å². The molecular formula is C24H26. The highest BCUT2D eigenvalue weighted by atomic mass is 14.9. The largest absolute Gasteiger partial charge is 0.0590 e. The van der Waals surface area contributed by atoms with E-state index in [1.54, 1.807) is 11.1 Å². The lowest BCUT2D eigenvalue weighted by molar-refractivity contribution is -0.334. The van der Waals surface area contributed by atoms with E-state index >= 15 is 0 Å². The van der Waals surface area contributed by atoms with Gasteiger partial charge in [0.05, 0.1) is 0 Å². The minimum absolute atomic E-state index is 0.570. The molecule has 0 nitrogen and oxygen atoms in total. The maximum atomic E-state index is 2.40. The number of hydrogen-bond acceptors (Lipinski definition) is 0. The summed E-state index contributed by atoms with van der Waals surface area (Å²) in [5, 5.41) is 0. The molecule has 6 aliphatic rings. The van der Waals surface area contributed by atoms with Crippen LogP contribution in [-0.2, 0) is 10.8 Å². The van der Waals surface area contributed by atoms with Gasteiger partial charge in [-0.15, -0.1) is 0 Å². The standard InChI is InChI=1S/C24H26/c1-17-3-7-19(8-4-17)21-11-23(12-21,13-21)24-14-22(15-24,16-24)20-9-5-18(2)6-10-20/h3-10H,11-16H2,1-2H3. The molecule has 122 valence electrons. The van der Waals surface area contributed by atoms with Crippen molar-refractivity contribution in [2.24, 2.45) is 10.8 Å². The molecule has 0 atom stereocenters. The molecule has 4 bridgehead atoms. The molecule has 6 fully saturated rings. The second kappa shape index (κ2) is 3.82. The molecule has 24 heavy (non-hydrogen) atoms. The average Bonchev–Trinajstić information content (AvgIpc) is 2.40. The van der Waals surface area contributed by atoms with Gasteiger partial charge in [0.15, 0.2) is 0 Å². The van der Waals surface area contributed by atoms with Gasteiger partial charge in [-0.05, 0) is 85.2 Å². The highest BCUT2D eigenvalue weighted by molar-refractivity contribution is 5.48. The Morgan fingerprint density at radius 2 is 0.792 bits per heavy atom. The molecule has 8 rings (SSSR count). The minimum Gasteiger partial charge on any atom is -0.0590 e. The molecule has 0 unspecified atom stereocenters. The lowest BCUT2D eigenvalue weighted by Gasteiger charge is -2.88. The van der Waals surface area contributed by atoms with Crippen molar-refractivity contribution in [3.63, 3.8) is 0 Å². The SMILES string of the molecule is Cc1ccc(C23CC(C45CC(c6ccc(C)cc6)(C4)C5)(C2)C3)cc1. The molecule has 6 aliphatic carbocycles. The predicted octanol–water partition coefficient (Wildman–Crippen LogP) is 5.85. The molecule has 2 aromatic rings. The fourth-order valence-corrected chi connectivity index (χ4v) is 7.13. The van der Waals surface area contributed by atoms with Crippen LogP contribution in [0.1, 0.15) is 60.8 Å². The van der Waals surface area contributed by atoms with E-state index in [0.29, 0.717) is 10.8 Å². The molecular weight excluding hydrogens is 288 g/mol. The monoisotopic (exact) mass is 314 g/mol. The Labute approximate surface area is 145 Å². The third kappa shape index (κ3) is 1.36. The van der Waals surface area contributed by atoms with Crippen molar-refractivity contribution in [2.75, 3.05) is 0 Å². The van der Waals surface area contributed by atoms with E-state index in [9.17, 15) is 0 Å². The molecule has 0 spiro atoms. The predicted molar refractivity (Wildman–Crippen MR) is 98.3 cm³/mol. The zero-order valence-corrected chi connectivity index (χ0v) is 14.9. The smallest absolute Gasteiger partial charge is 0.00305 e. The highest BCUT2D eigenvalue weighted by Gasteiger charge is 2.84. The molecule has 0 amide bonds. The van der Waals surface area contributed by atoms with E-state index in [2.05, 4.69) is 62.4 Å². The summed E-state index contributed by atoms with van der Waals surface area (Å²) in [5.41, 5.74) is 8.61. The van der Waals surface area contributed by atoms with Crippen molar-refractivity contribution in [3.8, 4) is 0 Å². The second-order valence-corrected chi connectivity index (χ2v) is 9.91. The molecule has 6 saturated carbocycles. The van der Waals surface area contributed by atoms with E-state index in [-0.39, 0.29) is 0 Å². The summed E-state index contributed by atoms with van der Waals surface area (Å²) in [4.78, 5) is 0. The summed E-state index contributed by atoms with van der Waals surface area (Å²) in [5.74, 6) is 0. The van der Waals surface area contributed by atoms with E-state index in [4.69, 9.17) is 0 Å². The van der Waals surface area contributed by atoms with Gasteiger partial charge in [-0.2, -0.15) is 0 Å². The summed E-state index contributed by atoms with van der Waals surface area (Å²) < 4.78 is 0. The van der Waals surface area contributed by atoms with Crippen molar-refractivity contribution >= 4 is 0 Å². The van der Waals surface area contributed by atoms with Crippen LogP contribution in [0.15, 0.2) is 48.5 Å². The Kier molecular flexibility index (Phi) is 2.18. The van der Waals surface area contributed by atoms with E-state index < -0.39 is 0 Å². The van der Waals surface area contributed by atoms with Crippen LogP contribution in [0.2, 0.25) is 0 Å². The Balaban J connectivity index is 1.19. The van der Waals surface area contributed by atoms with Gasteiger partial charge in [0, 0.05) is 0 Å². The zero-order valence-electron chi connectivity index (χ0n) is 14.9. The van der Waals surface area contributed by atoms with E-state index in [1.807, 2.05) is 0 Å². The van der Waals surface area contributed by atoms with Crippen molar-refractivity contribution in [2.45, 2.75) is 63.2 Å². The first-order valence-corrected chi connectivity index (χ1v) is 9.64. The van der Waals surface area contributed by atoms with Gasteiger partial charge < -0.3 is 0 Å². The molecule has 0 radical (unpaired) electrons. The fourth-order valence-electron chi connectivity index (χ4n) is 7.13. The summed E-state index contributed by atoms with van der Waals surface area (Å²) in [6.45, 7) is 4.39. The Hall–Kier alpha value is -1.56. The Bertz CT molecular complexity index is 724. The summed E-state index contributed by atoms with van der Waals surface area (Å²) in [6, 6.07) is 18.8. The number of hydrogen-bond donors (Lipinski definition) is 0. The highest BCUT2D eigenvalue weighted by Crippen LogP contribution is 2.91. The van der Waals surface area contributed by atoms with Gasteiger partial charge >= 0.3 is 0 Å². The average molecular weight is 314 g/mol. The summed E-state index contributed by atoms with van der Waals surface area (Å²) >= 11 is 0. The quantitative estimate of drug-likeness (QED) is 0.667. The van der Waals surface area contributed by atoms with Gasteiger partial charge in [-0.3, -0.25) is 0 Å². The second-order valence-electron chi connectivity index (χ2n) is 9.91. The van der Waals surface area contributed by atoms with Crippen molar-refractivity contribution in [1.82, 2.24) is 0 Å². The zero-order chi connectivity index (χ0) is 16.2. The molecule has 0 aromatic heterocycles. The number of rotatable bonds is 3.